The van der Waals surface area contributed by atoms with Gasteiger partial charge in [0, 0.05) is 17.7 Å². The van der Waals surface area contributed by atoms with E-state index in [-0.39, 0.29) is 18.3 Å². The van der Waals surface area contributed by atoms with Crippen molar-refractivity contribution in [2.45, 2.75) is 64.2 Å². The van der Waals surface area contributed by atoms with Crippen LogP contribution in [0, 0.1) is 0 Å². The highest BCUT2D eigenvalue weighted by Gasteiger charge is 2.51. The highest BCUT2D eigenvalue weighted by atomic mass is 16.7. The van der Waals surface area contributed by atoms with Crippen molar-refractivity contribution in [1.29, 1.82) is 0 Å². The molecule has 1 aromatic heterocycles. The minimum Gasteiger partial charge on any atom is -0.399 e. The molecule has 1 aromatic rings. The Kier molecular flexibility index (Phi) is 3.84. The average Bonchev–Trinajstić information content (AvgIpc) is 2.69. The van der Waals surface area contributed by atoms with Crippen LogP contribution in [0.2, 0.25) is 0 Å². The Morgan fingerprint density at radius 1 is 1.14 bits per heavy atom. The SMILES string of the molecule is CC1(C)OB(c2ccc([C@@H]3CCCCN3)nc2)OC1(C)C. The van der Waals surface area contributed by atoms with Gasteiger partial charge in [0.2, 0.25) is 0 Å². The maximum absolute atomic E-state index is 6.06. The van der Waals surface area contributed by atoms with Crippen molar-refractivity contribution in [3.05, 3.63) is 24.0 Å². The van der Waals surface area contributed by atoms with Gasteiger partial charge in [-0.3, -0.25) is 4.98 Å². The molecule has 3 rings (SSSR count). The quantitative estimate of drug-likeness (QED) is 0.847. The Bertz CT molecular complexity index is 480. The number of aromatic nitrogens is 1. The van der Waals surface area contributed by atoms with Crippen molar-refractivity contribution < 1.29 is 9.31 Å². The number of hydrogen-bond acceptors (Lipinski definition) is 4. The average molecular weight is 288 g/mol. The maximum Gasteiger partial charge on any atom is 0.496 e. The van der Waals surface area contributed by atoms with Crippen LogP contribution in [0.1, 0.15) is 58.7 Å². The maximum atomic E-state index is 6.06. The molecule has 0 aliphatic carbocycles. The van der Waals surface area contributed by atoms with E-state index in [1.165, 1.54) is 19.3 Å². The van der Waals surface area contributed by atoms with E-state index in [4.69, 9.17) is 9.31 Å². The van der Waals surface area contributed by atoms with Crippen LogP contribution in [0.4, 0.5) is 0 Å². The predicted molar refractivity (Wildman–Crippen MR) is 84.5 cm³/mol. The molecule has 0 saturated carbocycles. The van der Waals surface area contributed by atoms with E-state index in [2.05, 4.69) is 50.1 Å². The van der Waals surface area contributed by atoms with Crippen LogP contribution >= 0.6 is 0 Å². The second kappa shape index (κ2) is 5.38. The summed E-state index contributed by atoms with van der Waals surface area (Å²) in [5.74, 6) is 0. The Morgan fingerprint density at radius 3 is 2.38 bits per heavy atom. The molecular formula is C16H25BN2O2. The lowest BCUT2D eigenvalue weighted by atomic mass is 9.80. The standard InChI is InChI=1S/C16H25BN2O2/c1-15(2)16(3,4)21-17(20-15)12-8-9-14(19-11-12)13-7-5-6-10-18-13/h8-9,11,13,18H,5-7,10H2,1-4H3/t13-/m0/s1. The third-order valence-electron chi connectivity index (χ3n) is 5.00. The van der Waals surface area contributed by atoms with Gasteiger partial charge in [0.15, 0.2) is 0 Å². The molecular weight excluding hydrogens is 263 g/mol. The van der Waals surface area contributed by atoms with Gasteiger partial charge in [-0.25, -0.2) is 0 Å². The van der Waals surface area contributed by atoms with Crippen LogP contribution in [0.25, 0.3) is 0 Å². The number of pyridine rings is 1. The fraction of sp³-hybridized carbons (Fsp3) is 0.688. The number of hydrogen-bond donors (Lipinski definition) is 1. The first-order valence-electron chi connectivity index (χ1n) is 7.94. The van der Waals surface area contributed by atoms with E-state index in [1.54, 1.807) is 0 Å². The van der Waals surface area contributed by atoms with Crippen LogP contribution in [0.15, 0.2) is 18.3 Å². The molecule has 2 fully saturated rings. The molecule has 0 amide bonds. The molecule has 0 aromatic carbocycles. The molecule has 3 heterocycles. The van der Waals surface area contributed by atoms with Gasteiger partial charge in [-0.15, -0.1) is 0 Å². The van der Waals surface area contributed by atoms with Gasteiger partial charge >= 0.3 is 7.12 Å². The molecule has 0 radical (unpaired) electrons. The molecule has 0 spiro atoms. The van der Waals surface area contributed by atoms with Crippen LogP contribution in [0.3, 0.4) is 0 Å². The normalized spacial score (nSPS) is 27.8. The van der Waals surface area contributed by atoms with Crippen LogP contribution in [-0.4, -0.2) is 29.8 Å². The summed E-state index contributed by atoms with van der Waals surface area (Å²) in [6, 6.07) is 4.58. The van der Waals surface area contributed by atoms with Gasteiger partial charge in [-0.05, 0) is 53.1 Å². The minimum absolute atomic E-state index is 0.304. The molecule has 5 heteroatoms. The number of nitrogens with zero attached hydrogens (tertiary/aromatic N) is 1. The molecule has 114 valence electrons. The molecule has 0 bridgehead atoms. The van der Waals surface area contributed by atoms with Crippen molar-refractivity contribution in [2.75, 3.05) is 6.54 Å². The number of rotatable bonds is 2. The largest absolute Gasteiger partial charge is 0.496 e. The second-order valence-electron chi connectivity index (χ2n) is 7.11. The summed E-state index contributed by atoms with van der Waals surface area (Å²) >= 11 is 0. The van der Waals surface area contributed by atoms with E-state index in [9.17, 15) is 0 Å². The zero-order valence-electron chi connectivity index (χ0n) is 13.5. The monoisotopic (exact) mass is 288 g/mol. The topological polar surface area (TPSA) is 43.4 Å². The van der Waals surface area contributed by atoms with Crippen molar-refractivity contribution in [3.8, 4) is 0 Å². The van der Waals surface area contributed by atoms with Crippen LogP contribution in [-0.2, 0) is 9.31 Å². The molecule has 1 atom stereocenters. The summed E-state index contributed by atoms with van der Waals surface area (Å²) in [6.07, 6.45) is 5.61. The third kappa shape index (κ3) is 2.87. The first-order valence-corrected chi connectivity index (χ1v) is 7.94. The predicted octanol–water partition coefficient (Wildman–Crippen LogP) is 2.20. The molecule has 0 unspecified atom stereocenters. The summed E-state index contributed by atoms with van der Waals surface area (Å²) in [4.78, 5) is 4.62. The Hall–Kier alpha value is -0.905. The number of piperidine rings is 1. The fourth-order valence-electron chi connectivity index (χ4n) is 2.85. The first kappa shape index (κ1) is 15.0. The van der Waals surface area contributed by atoms with Crippen LogP contribution in [0.5, 0.6) is 0 Å². The van der Waals surface area contributed by atoms with Gasteiger partial charge < -0.3 is 14.6 Å². The molecule has 1 N–H and O–H groups in total. The van der Waals surface area contributed by atoms with E-state index in [1.807, 2.05) is 6.20 Å². The van der Waals surface area contributed by atoms with Gasteiger partial charge in [-0.1, -0.05) is 12.5 Å². The molecule has 2 aliphatic rings. The smallest absolute Gasteiger partial charge is 0.399 e. The highest BCUT2D eigenvalue weighted by molar-refractivity contribution is 6.62. The van der Waals surface area contributed by atoms with Crippen molar-refractivity contribution in [3.63, 3.8) is 0 Å². The van der Waals surface area contributed by atoms with Crippen molar-refractivity contribution >= 4 is 12.6 Å². The Morgan fingerprint density at radius 2 is 1.86 bits per heavy atom. The molecule has 2 aliphatic heterocycles. The van der Waals surface area contributed by atoms with Gasteiger partial charge in [-0.2, -0.15) is 0 Å². The summed E-state index contributed by atoms with van der Waals surface area (Å²) in [6.45, 7) is 9.37. The molecule has 4 nitrogen and oxygen atoms in total. The van der Waals surface area contributed by atoms with Gasteiger partial charge in [0.25, 0.3) is 0 Å². The summed E-state index contributed by atoms with van der Waals surface area (Å²) < 4.78 is 12.1. The lowest BCUT2D eigenvalue weighted by Gasteiger charge is -2.32. The molecule has 2 saturated heterocycles. The zero-order valence-corrected chi connectivity index (χ0v) is 13.5. The fourth-order valence-corrected chi connectivity index (χ4v) is 2.85. The lowest BCUT2D eigenvalue weighted by Crippen LogP contribution is -2.41. The highest BCUT2D eigenvalue weighted by Crippen LogP contribution is 2.36. The second-order valence-corrected chi connectivity index (χ2v) is 7.11. The van der Waals surface area contributed by atoms with Crippen LogP contribution < -0.4 is 10.8 Å². The van der Waals surface area contributed by atoms with Gasteiger partial charge in [0.05, 0.1) is 16.9 Å². The van der Waals surface area contributed by atoms with E-state index >= 15 is 0 Å². The zero-order chi connectivity index (χ0) is 15.1. The van der Waals surface area contributed by atoms with E-state index in [0.29, 0.717) is 6.04 Å². The third-order valence-corrected chi connectivity index (χ3v) is 5.00. The Labute approximate surface area is 127 Å². The van der Waals surface area contributed by atoms with Crippen molar-refractivity contribution in [1.82, 2.24) is 10.3 Å². The summed E-state index contributed by atoms with van der Waals surface area (Å²) in [5, 5.41) is 3.53. The number of nitrogens with one attached hydrogen (secondary N) is 1. The summed E-state index contributed by atoms with van der Waals surface area (Å²) in [5.41, 5.74) is 1.51. The van der Waals surface area contributed by atoms with Gasteiger partial charge in [0.1, 0.15) is 0 Å². The minimum atomic E-state index is -0.323. The first-order chi connectivity index (χ1) is 9.89. The summed E-state index contributed by atoms with van der Waals surface area (Å²) in [7, 11) is -0.323. The van der Waals surface area contributed by atoms with E-state index in [0.717, 1.165) is 17.7 Å². The Balaban J connectivity index is 1.73. The lowest BCUT2D eigenvalue weighted by molar-refractivity contribution is 0.00578. The van der Waals surface area contributed by atoms with E-state index < -0.39 is 0 Å². The molecule has 21 heavy (non-hydrogen) atoms. The van der Waals surface area contributed by atoms with Crippen molar-refractivity contribution in [2.24, 2.45) is 0 Å².